The Bertz CT molecular complexity index is 441. The van der Waals surface area contributed by atoms with Gasteiger partial charge in [-0.1, -0.05) is 37.6 Å². The van der Waals surface area contributed by atoms with Crippen molar-refractivity contribution in [1.82, 2.24) is 5.32 Å². The molecule has 0 spiro atoms. The van der Waals surface area contributed by atoms with E-state index in [-0.39, 0.29) is 0 Å². The van der Waals surface area contributed by atoms with E-state index in [0.717, 1.165) is 11.2 Å². The minimum Gasteiger partial charge on any atom is -0.312 e. The maximum atomic E-state index is 3.59. The Morgan fingerprint density at radius 3 is 2.43 bits per heavy atom. The van der Waals surface area contributed by atoms with E-state index in [2.05, 4.69) is 67.1 Å². The molecule has 0 radical (unpaired) electrons. The van der Waals surface area contributed by atoms with E-state index in [1.165, 1.54) is 42.8 Å². The molecule has 21 heavy (non-hydrogen) atoms. The fourth-order valence-corrected chi connectivity index (χ4v) is 6.78. The zero-order valence-electron chi connectivity index (χ0n) is 13.2. The highest BCUT2D eigenvalue weighted by molar-refractivity contribution is 8.07. The molecule has 0 aromatic heterocycles. The molecule has 3 rings (SSSR count). The summed E-state index contributed by atoms with van der Waals surface area (Å²) in [6.07, 6.45) is 5.48. The highest BCUT2D eigenvalue weighted by atomic mass is 32.2. The Morgan fingerprint density at radius 2 is 1.86 bits per heavy atom. The third kappa shape index (κ3) is 3.46. The summed E-state index contributed by atoms with van der Waals surface area (Å²) >= 11 is 4.34. The lowest BCUT2D eigenvalue weighted by Crippen LogP contribution is -2.37. The van der Waals surface area contributed by atoms with Crippen molar-refractivity contribution in [2.75, 3.05) is 18.6 Å². The predicted molar refractivity (Wildman–Crippen MR) is 97.6 cm³/mol. The first-order valence-electron chi connectivity index (χ1n) is 8.33. The second-order valence-electron chi connectivity index (χ2n) is 6.21. The third-order valence-electron chi connectivity index (χ3n) is 5.01. The lowest BCUT2D eigenvalue weighted by molar-refractivity contribution is 0.419. The lowest BCUT2D eigenvalue weighted by Gasteiger charge is -2.36. The molecule has 1 N–H and O–H groups in total. The van der Waals surface area contributed by atoms with Gasteiger partial charge in [0, 0.05) is 28.0 Å². The van der Waals surface area contributed by atoms with Crippen LogP contribution in [0.4, 0.5) is 0 Å². The fourth-order valence-electron chi connectivity index (χ4n) is 3.48. The minimum atomic E-state index is 0.489. The van der Waals surface area contributed by atoms with Crippen molar-refractivity contribution in [1.29, 1.82) is 0 Å². The molecule has 1 aromatic carbocycles. The van der Waals surface area contributed by atoms with Crippen LogP contribution in [-0.4, -0.2) is 29.1 Å². The van der Waals surface area contributed by atoms with Crippen LogP contribution in [0.15, 0.2) is 24.3 Å². The molecule has 116 valence electrons. The minimum absolute atomic E-state index is 0.489. The first-order valence-corrected chi connectivity index (χ1v) is 10.4. The van der Waals surface area contributed by atoms with Crippen molar-refractivity contribution in [2.24, 2.45) is 0 Å². The molecule has 1 saturated carbocycles. The molecular weight excluding hydrogens is 294 g/mol. The van der Waals surface area contributed by atoms with Crippen LogP contribution in [0.3, 0.4) is 0 Å². The van der Waals surface area contributed by atoms with Crippen LogP contribution in [-0.2, 0) is 0 Å². The van der Waals surface area contributed by atoms with Crippen molar-refractivity contribution in [3.63, 3.8) is 0 Å². The maximum Gasteiger partial charge on any atom is 0.0448 e. The van der Waals surface area contributed by atoms with E-state index in [0.29, 0.717) is 11.3 Å². The molecule has 3 atom stereocenters. The Morgan fingerprint density at radius 1 is 1.14 bits per heavy atom. The van der Waals surface area contributed by atoms with Gasteiger partial charge in [0.25, 0.3) is 0 Å². The molecule has 0 amide bonds. The fraction of sp³-hybridized carbons (Fsp3) is 0.667. The van der Waals surface area contributed by atoms with Crippen molar-refractivity contribution in [2.45, 2.75) is 55.1 Å². The molecule has 3 heteroatoms. The van der Waals surface area contributed by atoms with E-state index in [9.17, 15) is 0 Å². The van der Waals surface area contributed by atoms with Crippen LogP contribution < -0.4 is 5.32 Å². The van der Waals surface area contributed by atoms with Gasteiger partial charge >= 0.3 is 0 Å². The van der Waals surface area contributed by atoms with Crippen molar-refractivity contribution in [3.8, 4) is 0 Å². The van der Waals surface area contributed by atoms with Gasteiger partial charge in [-0.2, -0.15) is 23.5 Å². The van der Waals surface area contributed by atoms with Crippen LogP contribution in [0, 0.1) is 0 Å². The predicted octanol–water partition coefficient (Wildman–Crippen LogP) is 4.84. The molecule has 2 aliphatic rings. The first-order chi connectivity index (χ1) is 10.3. The molecule has 1 aliphatic heterocycles. The second kappa shape index (κ2) is 7.43. The highest BCUT2D eigenvalue weighted by Crippen LogP contribution is 2.41. The molecule has 1 saturated heterocycles. The summed E-state index contributed by atoms with van der Waals surface area (Å²) in [5.41, 5.74) is 3.02. The Labute approximate surface area is 138 Å². The smallest absolute Gasteiger partial charge is 0.0448 e. The van der Waals surface area contributed by atoms with E-state index >= 15 is 0 Å². The number of thioether (sulfide) groups is 2. The first kappa shape index (κ1) is 15.8. The van der Waals surface area contributed by atoms with E-state index < -0.39 is 0 Å². The number of hydrogen-bond acceptors (Lipinski definition) is 3. The van der Waals surface area contributed by atoms with Gasteiger partial charge in [-0.3, -0.25) is 0 Å². The van der Waals surface area contributed by atoms with Gasteiger partial charge in [0.1, 0.15) is 0 Å². The van der Waals surface area contributed by atoms with Crippen molar-refractivity contribution >= 4 is 23.5 Å². The zero-order chi connectivity index (χ0) is 14.7. The van der Waals surface area contributed by atoms with Gasteiger partial charge in [-0.05, 0) is 43.4 Å². The van der Waals surface area contributed by atoms with E-state index in [4.69, 9.17) is 0 Å². The maximum absolute atomic E-state index is 3.59. The zero-order valence-corrected chi connectivity index (χ0v) is 14.8. The second-order valence-corrected chi connectivity index (χ2v) is 8.85. The van der Waals surface area contributed by atoms with Crippen LogP contribution >= 0.6 is 23.5 Å². The van der Waals surface area contributed by atoms with Crippen LogP contribution in [0.1, 0.15) is 55.7 Å². The number of rotatable bonds is 5. The standard InChI is InChI=1S/C18H27NS2/c1-3-16-18(21-12-11-20-16)17(19-2)15-9-7-14(8-10-15)13-5-4-6-13/h7-10,13,16-19H,3-6,11-12H2,1-2H3. The topological polar surface area (TPSA) is 12.0 Å². The van der Waals surface area contributed by atoms with Crippen molar-refractivity contribution in [3.05, 3.63) is 35.4 Å². The summed E-state index contributed by atoms with van der Waals surface area (Å²) in [6, 6.07) is 10.0. The van der Waals surface area contributed by atoms with Crippen molar-refractivity contribution < 1.29 is 0 Å². The highest BCUT2D eigenvalue weighted by Gasteiger charge is 2.32. The molecule has 1 heterocycles. The van der Waals surface area contributed by atoms with Gasteiger partial charge < -0.3 is 5.32 Å². The lowest BCUT2D eigenvalue weighted by atomic mass is 9.79. The summed E-state index contributed by atoms with van der Waals surface area (Å²) in [5.74, 6) is 3.45. The molecule has 2 fully saturated rings. The summed E-state index contributed by atoms with van der Waals surface area (Å²) < 4.78 is 0. The monoisotopic (exact) mass is 321 g/mol. The Hall–Kier alpha value is -0.120. The summed E-state index contributed by atoms with van der Waals surface area (Å²) in [4.78, 5) is 0. The van der Waals surface area contributed by atoms with Gasteiger partial charge in [0.05, 0.1) is 0 Å². The third-order valence-corrected chi connectivity index (χ3v) is 8.36. The molecule has 1 nitrogen and oxygen atoms in total. The summed E-state index contributed by atoms with van der Waals surface area (Å²) in [7, 11) is 2.12. The quantitative estimate of drug-likeness (QED) is 0.833. The summed E-state index contributed by atoms with van der Waals surface area (Å²) in [6.45, 7) is 2.34. The average Bonchev–Trinajstić information content (AvgIpc) is 2.48. The SMILES string of the molecule is CCC1SCCSC1C(NC)c1ccc(C2CCC2)cc1. The van der Waals surface area contributed by atoms with E-state index in [1.54, 1.807) is 5.56 Å². The molecule has 3 unspecified atom stereocenters. The van der Waals surface area contributed by atoms with Crippen LogP contribution in [0.25, 0.3) is 0 Å². The molecular formula is C18H27NS2. The molecule has 0 bridgehead atoms. The van der Waals surface area contributed by atoms with Crippen LogP contribution in [0.5, 0.6) is 0 Å². The van der Waals surface area contributed by atoms with Crippen LogP contribution in [0.2, 0.25) is 0 Å². The van der Waals surface area contributed by atoms with Gasteiger partial charge in [0.2, 0.25) is 0 Å². The number of nitrogens with one attached hydrogen (secondary N) is 1. The molecule has 1 aliphatic carbocycles. The largest absolute Gasteiger partial charge is 0.312 e. The van der Waals surface area contributed by atoms with Gasteiger partial charge in [-0.15, -0.1) is 0 Å². The van der Waals surface area contributed by atoms with E-state index in [1.807, 2.05) is 0 Å². The molecule has 1 aromatic rings. The Balaban J connectivity index is 1.75. The number of benzene rings is 1. The van der Waals surface area contributed by atoms with Gasteiger partial charge in [0.15, 0.2) is 0 Å². The van der Waals surface area contributed by atoms with Gasteiger partial charge in [-0.25, -0.2) is 0 Å². The average molecular weight is 322 g/mol. The normalized spacial score (nSPS) is 28.1. The summed E-state index contributed by atoms with van der Waals surface area (Å²) in [5, 5.41) is 5.08. The Kier molecular flexibility index (Phi) is 5.58. The number of hydrogen-bond donors (Lipinski definition) is 1.